The molecule has 3 aromatic rings. The van der Waals surface area contributed by atoms with E-state index in [1.807, 2.05) is 0 Å². The molecule has 0 radical (unpaired) electrons. The van der Waals surface area contributed by atoms with Crippen LogP contribution in [0, 0.1) is 0 Å². The normalized spacial score (nSPS) is 12.6. The third-order valence-electron chi connectivity index (χ3n) is 5.38. The molecule has 0 saturated heterocycles. The summed E-state index contributed by atoms with van der Waals surface area (Å²) in [7, 11) is 0. The van der Waals surface area contributed by atoms with Gasteiger partial charge in [0.15, 0.2) is 0 Å². The standard InChI is InChI=1S/C24H25N3O8/c25-18(10-15-12-26-19-7-6-16(28)11-17(15)19)22(31)27(20(23(32)33)8-9-21(29)30)24(34)35-13-14-4-2-1-3-5-14/h1-7,11-12,18,20,26,28H,8-10,13,25H2,(H,29,30)(H,32,33)/t18-,20-/m0/s1. The van der Waals surface area contributed by atoms with Crippen molar-refractivity contribution in [1.29, 1.82) is 0 Å². The first-order chi connectivity index (χ1) is 16.7. The summed E-state index contributed by atoms with van der Waals surface area (Å²) < 4.78 is 5.18. The predicted molar refractivity (Wildman–Crippen MR) is 123 cm³/mol. The van der Waals surface area contributed by atoms with E-state index < -0.39 is 48.9 Å². The van der Waals surface area contributed by atoms with Crippen LogP contribution in [0.3, 0.4) is 0 Å². The van der Waals surface area contributed by atoms with Gasteiger partial charge in [-0.25, -0.2) is 14.5 Å². The van der Waals surface area contributed by atoms with Crippen molar-refractivity contribution in [3.8, 4) is 5.75 Å². The molecule has 0 aliphatic rings. The molecule has 0 aliphatic heterocycles. The van der Waals surface area contributed by atoms with Crippen LogP contribution in [0.4, 0.5) is 4.79 Å². The van der Waals surface area contributed by atoms with Crippen LogP contribution in [0.1, 0.15) is 24.0 Å². The maximum absolute atomic E-state index is 13.2. The number of carbonyl (C=O) groups is 4. The smallest absolute Gasteiger partial charge is 0.417 e. The number of ether oxygens (including phenoxy) is 1. The number of carboxylic acid groups (broad SMARTS) is 2. The van der Waals surface area contributed by atoms with Gasteiger partial charge in [0.05, 0.1) is 6.04 Å². The van der Waals surface area contributed by atoms with E-state index in [2.05, 4.69) is 4.98 Å². The summed E-state index contributed by atoms with van der Waals surface area (Å²) in [5.41, 5.74) is 7.94. The van der Waals surface area contributed by atoms with Crippen molar-refractivity contribution >= 4 is 34.8 Å². The Hall–Kier alpha value is -4.38. The highest BCUT2D eigenvalue weighted by Gasteiger charge is 2.38. The number of nitrogens with one attached hydrogen (secondary N) is 1. The van der Waals surface area contributed by atoms with Crippen molar-refractivity contribution in [2.45, 2.75) is 38.0 Å². The lowest BCUT2D eigenvalue weighted by atomic mass is 10.0. The molecule has 0 saturated carbocycles. The quantitative estimate of drug-likeness (QED) is 0.288. The minimum atomic E-state index is -1.79. The lowest BCUT2D eigenvalue weighted by molar-refractivity contribution is -0.150. The van der Waals surface area contributed by atoms with Crippen molar-refractivity contribution in [3.05, 3.63) is 65.9 Å². The number of hydrogen-bond donors (Lipinski definition) is 5. The fourth-order valence-electron chi connectivity index (χ4n) is 3.62. The highest BCUT2D eigenvalue weighted by Crippen LogP contribution is 2.24. The number of carboxylic acids is 2. The zero-order valence-electron chi connectivity index (χ0n) is 18.6. The number of fused-ring (bicyclic) bond motifs is 1. The number of amides is 2. The van der Waals surface area contributed by atoms with Crippen LogP contribution < -0.4 is 5.73 Å². The van der Waals surface area contributed by atoms with Crippen LogP contribution in [0.15, 0.2) is 54.7 Å². The first-order valence-electron chi connectivity index (χ1n) is 10.7. The number of aromatic hydroxyl groups is 1. The van der Waals surface area contributed by atoms with Gasteiger partial charge in [0, 0.05) is 23.5 Å². The van der Waals surface area contributed by atoms with Crippen LogP contribution in [0.25, 0.3) is 10.9 Å². The first kappa shape index (κ1) is 25.2. The Morgan fingerprint density at radius 2 is 1.77 bits per heavy atom. The Morgan fingerprint density at radius 3 is 2.43 bits per heavy atom. The van der Waals surface area contributed by atoms with E-state index in [0.717, 1.165) is 0 Å². The maximum atomic E-state index is 13.2. The zero-order valence-corrected chi connectivity index (χ0v) is 18.6. The lowest BCUT2D eigenvalue weighted by Crippen LogP contribution is -2.55. The number of nitrogens with two attached hydrogens (primary N) is 1. The number of phenols is 1. The number of rotatable bonds is 10. The molecule has 2 aromatic carbocycles. The number of phenolic OH excluding ortho intramolecular Hbond substituents is 1. The van der Waals surface area contributed by atoms with Gasteiger partial charge in [-0.15, -0.1) is 0 Å². The summed E-state index contributed by atoms with van der Waals surface area (Å²) in [6, 6.07) is 10.0. The summed E-state index contributed by atoms with van der Waals surface area (Å²) in [5.74, 6) is -3.89. The Kier molecular flexibility index (Phi) is 8.05. The third kappa shape index (κ3) is 6.36. The van der Waals surface area contributed by atoms with Gasteiger partial charge in [-0.3, -0.25) is 9.59 Å². The lowest BCUT2D eigenvalue weighted by Gasteiger charge is -2.28. The number of imide groups is 1. The van der Waals surface area contributed by atoms with Crippen LogP contribution >= 0.6 is 0 Å². The average Bonchev–Trinajstić information content (AvgIpc) is 3.21. The number of aromatic amines is 1. The molecule has 0 aliphatic carbocycles. The molecule has 0 unspecified atom stereocenters. The highest BCUT2D eigenvalue weighted by molar-refractivity contribution is 5.99. The molecule has 0 spiro atoms. The third-order valence-corrected chi connectivity index (χ3v) is 5.38. The SMILES string of the molecule is N[C@@H](Cc1c[nH]c2ccc(O)cc12)C(=O)N(C(=O)OCc1ccccc1)[C@@H](CCC(=O)O)C(=O)O. The number of carbonyl (C=O) groups excluding carboxylic acids is 2. The van der Waals surface area contributed by atoms with E-state index in [4.69, 9.17) is 15.6 Å². The molecule has 1 heterocycles. The Bertz CT molecular complexity index is 1220. The number of hydrogen-bond acceptors (Lipinski definition) is 7. The van der Waals surface area contributed by atoms with E-state index in [0.29, 0.717) is 26.9 Å². The van der Waals surface area contributed by atoms with Crippen molar-refractivity contribution in [2.75, 3.05) is 0 Å². The molecule has 1 aromatic heterocycles. The number of nitrogens with zero attached hydrogens (tertiary/aromatic N) is 1. The molecule has 184 valence electrons. The average molecular weight is 483 g/mol. The van der Waals surface area contributed by atoms with Crippen molar-refractivity contribution in [1.82, 2.24) is 9.88 Å². The van der Waals surface area contributed by atoms with E-state index in [1.54, 1.807) is 42.6 Å². The fraction of sp³-hybridized carbons (Fsp3) is 0.250. The largest absolute Gasteiger partial charge is 0.508 e. The van der Waals surface area contributed by atoms with Crippen molar-refractivity contribution in [2.24, 2.45) is 5.73 Å². The Balaban J connectivity index is 1.85. The van der Waals surface area contributed by atoms with E-state index in [-0.39, 0.29) is 18.8 Å². The van der Waals surface area contributed by atoms with Crippen molar-refractivity contribution < 1.29 is 39.2 Å². The molecule has 2 amide bonds. The molecule has 11 nitrogen and oxygen atoms in total. The monoisotopic (exact) mass is 483 g/mol. The molecule has 11 heteroatoms. The van der Waals surface area contributed by atoms with Gasteiger partial charge in [-0.1, -0.05) is 30.3 Å². The first-order valence-corrected chi connectivity index (χ1v) is 10.7. The molecule has 35 heavy (non-hydrogen) atoms. The van der Waals surface area contributed by atoms with Gasteiger partial charge in [0.1, 0.15) is 18.4 Å². The molecule has 0 fully saturated rings. The summed E-state index contributed by atoms with van der Waals surface area (Å²) in [6.07, 6.45) is -0.859. The van der Waals surface area contributed by atoms with Crippen LogP contribution in [-0.4, -0.2) is 61.2 Å². The molecular weight excluding hydrogens is 458 g/mol. The van der Waals surface area contributed by atoms with Gasteiger partial charge in [0.2, 0.25) is 5.91 Å². The van der Waals surface area contributed by atoms with Crippen molar-refractivity contribution in [3.63, 3.8) is 0 Å². The fourth-order valence-corrected chi connectivity index (χ4v) is 3.62. The minimum absolute atomic E-state index is 0.00368. The number of H-pyrrole nitrogens is 1. The van der Waals surface area contributed by atoms with Gasteiger partial charge in [-0.05, 0) is 42.2 Å². The Morgan fingerprint density at radius 1 is 1.06 bits per heavy atom. The molecular formula is C24H25N3O8. The predicted octanol–water partition coefficient (Wildman–Crippen LogP) is 2.23. The van der Waals surface area contributed by atoms with Crippen LogP contribution in [0.2, 0.25) is 0 Å². The van der Waals surface area contributed by atoms with Gasteiger partial charge in [0.25, 0.3) is 0 Å². The van der Waals surface area contributed by atoms with E-state index in [1.165, 1.54) is 12.1 Å². The highest BCUT2D eigenvalue weighted by atomic mass is 16.6. The Labute approximate surface area is 199 Å². The second-order valence-corrected chi connectivity index (χ2v) is 7.89. The number of benzene rings is 2. The van der Waals surface area contributed by atoms with Crippen LogP contribution in [-0.2, 0) is 32.1 Å². The second kappa shape index (κ2) is 11.2. The number of aromatic nitrogens is 1. The molecule has 3 rings (SSSR count). The van der Waals surface area contributed by atoms with Gasteiger partial charge >= 0.3 is 18.0 Å². The van der Waals surface area contributed by atoms with Gasteiger partial charge < -0.3 is 30.8 Å². The van der Waals surface area contributed by atoms with Gasteiger partial charge in [-0.2, -0.15) is 0 Å². The zero-order chi connectivity index (χ0) is 25.5. The topological polar surface area (TPSA) is 183 Å². The molecule has 0 bridgehead atoms. The maximum Gasteiger partial charge on any atom is 0.417 e. The molecule has 6 N–H and O–H groups in total. The summed E-state index contributed by atoms with van der Waals surface area (Å²) in [5, 5.41) is 29.1. The van der Waals surface area contributed by atoms with E-state index in [9.17, 15) is 29.4 Å². The van der Waals surface area contributed by atoms with E-state index >= 15 is 0 Å². The minimum Gasteiger partial charge on any atom is -0.508 e. The summed E-state index contributed by atoms with van der Waals surface area (Å²) in [6.45, 7) is -0.230. The summed E-state index contributed by atoms with van der Waals surface area (Å²) in [4.78, 5) is 52.5. The second-order valence-electron chi connectivity index (χ2n) is 7.89. The molecule has 2 atom stereocenters. The van der Waals surface area contributed by atoms with Crippen LogP contribution in [0.5, 0.6) is 5.75 Å². The number of aliphatic carboxylic acids is 2. The summed E-state index contributed by atoms with van der Waals surface area (Å²) >= 11 is 0.